The van der Waals surface area contributed by atoms with Gasteiger partial charge in [0.25, 0.3) is 0 Å². The summed E-state index contributed by atoms with van der Waals surface area (Å²) in [4.78, 5) is 55.7. The number of nitrogens with zero attached hydrogens (tertiary/aromatic N) is 2. The van der Waals surface area contributed by atoms with Crippen LogP contribution in [0.15, 0.2) is 25.3 Å². The van der Waals surface area contributed by atoms with Crippen LogP contribution in [0.5, 0.6) is 0 Å². The lowest BCUT2D eigenvalue weighted by Crippen LogP contribution is -2.71. The number of hydrogen-bond acceptors (Lipinski definition) is 4. The molecule has 3 aliphatic rings. The molecule has 1 spiro atoms. The van der Waals surface area contributed by atoms with Gasteiger partial charge >= 0.3 is 0 Å². The third kappa shape index (κ3) is 3.69. The molecule has 4 amide bonds. The molecule has 6 nitrogen and oxygen atoms in total. The summed E-state index contributed by atoms with van der Waals surface area (Å²) in [6, 6.07) is 0. The molecule has 2 bridgehead atoms. The van der Waals surface area contributed by atoms with Gasteiger partial charge in [-0.2, -0.15) is 0 Å². The fourth-order valence-corrected chi connectivity index (χ4v) is 5.37. The van der Waals surface area contributed by atoms with E-state index >= 15 is 0 Å². The molecular weight excluding hydrogens is 368 g/mol. The van der Waals surface area contributed by atoms with Crippen LogP contribution in [0.4, 0.5) is 0 Å². The zero-order valence-corrected chi connectivity index (χ0v) is 17.2. The second kappa shape index (κ2) is 9.06. The summed E-state index contributed by atoms with van der Waals surface area (Å²) in [5.74, 6) is -3.32. The first-order chi connectivity index (χ1) is 14.0. The molecule has 0 atom stereocenters. The number of rotatable bonds is 10. The second-order valence-electron chi connectivity index (χ2n) is 8.53. The largest absolute Gasteiger partial charge is 0.281 e. The predicted octanol–water partition coefficient (Wildman–Crippen LogP) is 3.23. The highest BCUT2D eigenvalue weighted by Crippen LogP contribution is 2.56. The molecule has 29 heavy (non-hydrogen) atoms. The Balaban J connectivity index is 1.86. The van der Waals surface area contributed by atoms with E-state index in [4.69, 9.17) is 0 Å². The lowest BCUT2D eigenvalue weighted by molar-refractivity contribution is -0.186. The average molecular weight is 401 g/mol. The van der Waals surface area contributed by atoms with E-state index in [1.807, 2.05) is 0 Å². The Morgan fingerprint density at radius 2 is 1.10 bits per heavy atom. The van der Waals surface area contributed by atoms with Crippen molar-refractivity contribution in [3.05, 3.63) is 25.3 Å². The summed E-state index contributed by atoms with van der Waals surface area (Å²) in [6.07, 6.45) is 11.1. The van der Waals surface area contributed by atoms with Gasteiger partial charge in [0.15, 0.2) is 0 Å². The van der Waals surface area contributed by atoms with Crippen LogP contribution in [0.3, 0.4) is 0 Å². The second-order valence-corrected chi connectivity index (χ2v) is 8.53. The Labute approximate surface area is 173 Å². The van der Waals surface area contributed by atoms with Crippen molar-refractivity contribution in [2.45, 2.75) is 64.2 Å². The Bertz CT molecular complexity index is 622. The van der Waals surface area contributed by atoms with Crippen LogP contribution >= 0.6 is 0 Å². The molecule has 0 N–H and O–H groups in total. The summed E-state index contributed by atoms with van der Waals surface area (Å²) >= 11 is 0. The Hall–Kier alpha value is -2.24. The first kappa shape index (κ1) is 21.5. The smallest absolute Gasteiger partial charge is 0.242 e. The molecule has 2 aliphatic heterocycles. The number of piperidine rings is 2. The van der Waals surface area contributed by atoms with Crippen LogP contribution in [0.1, 0.15) is 64.2 Å². The van der Waals surface area contributed by atoms with Crippen LogP contribution < -0.4 is 0 Å². The molecule has 0 aromatic rings. The van der Waals surface area contributed by atoms with Gasteiger partial charge < -0.3 is 0 Å². The molecule has 0 unspecified atom stereocenters. The Morgan fingerprint density at radius 3 is 1.45 bits per heavy atom. The predicted molar refractivity (Wildman–Crippen MR) is 109 cm³/mol. The summed E-state index contributed by atoms with van der Waals surface area (Å²) in [5.41, 5.74) is -0.794. The van der Waals surface area contributed by atoms with E-state index in [0.717, 1.165) is 38.5 Å². The Morgan fingerprint density at radius 1 is 0.724 bits per heavy atom. The van der Waals surface area contributed by atoms with Gasteiger partial charge in [0, 0.05) is 18.5 Å². The first-order valence-electron chi connectivity index (χ1n) is 10.9. The maximum Gasteiger partial charge on any atom is 0.242 e. The van der Waals surface area contributed by atoms with Gasteiger partial charge in [0.1, 0.15) is 11.8 Å². The van der Waals surface area contributed by atoms with Crippen LogP contribution in [0.25, 0.3) is 0 Å². The highest BCUT2D eigenvalue weighted by Gasteiger charge is 2.68. The van der Waals surface area contributed by atoms with Crippen molar-refractivity contribution < 1.29 is 19.2 Å². The van der Waals surface area contributed by atoms with Crippen LogP contribution in [-0.4, -0.2) is 46.5 Å². The third-order valence-electron chi connectivity index (χ3n) is 6.82. The lowest BCUT2D eigenvalue weighted by atomic mass is 9.58. The summed E-state index contributed by atoms with van der Waals surface area (Å²) in [7, 11) is 0. The van der Waals surface area contributed by atoms with E-state index in [0.29, 0.717) is 25.7 Å². The van der Waals surface area contributed by atoms with E-state index in [1.54, 1.807) is 12.2 Å². The SMILES string of the molecule is C=CCCCCN1C(=O)C2C(=O)N(CCCCC=C)C(=O)C(C1=O)C21CCCC1. The molecule has 1 saturated carbocycles. The molecule has 1 aliphatic carbocycles. The fourth-order valence-electron chi connectivity index (χ4n) is 5.37. The number of amides is 4. The summed E-state index contributed by atoms with van der Waals surface area (Å²) in [6.45, 7) is 7.92. The summed E-state index contributed by atoms with van der Waals surface area (Å²) < 4.78 is 0. The van der Waals surface area contributed by atoms with Gasteiger partial charge in [-0.1, -0.05) is 25.0 Å². The standard InChI is InChI=1S/C23H32N2O4/c1-3-5-7-11-15-24-19(26)17-21(28)25(16-12-8-6-4-2)22(29)18(20(24)27)23(17)13-9-10-14-23/h3-4,17-18H,1-2,5-16H2. The van der Waals surface area contributed by atoms with E-state index in [9.17, 15) is 19.2 Å². The van der Waals surface area contributed by atoms with Gasteiger partial charge in [-0.05, 0) is 51.4 Å². The van der Waals surface area contributed by atoms with Crippen molar-refractivity contribution in [3.8, 4) is 0 Å². The number of carbonyl (C=O) groups is 4. The molecule has 0 aromatic heterocycles. The number of imide groups is 2. The molecule has 158 valence electrons. The molecule has 3 fully saturated rings. The number of carbonyl (C=O) groups excluding carboxylic acids is 4. The molecule has 0 radical (unpaired) electrons. The lowest BCUT2D eigenvalue weighted by Gasteiger charge is -2.52. The van der Waals surface area contributed by atoms with Crippen LogP contribution in [0, 0.1) is 17.3 Å². The first-order valence-corrected chi connectivity index (χ1v) is 10.9. The van der Waals surface area contributed by atoms with Crippen LogP contribution in [-0.2, 0) is 19.2 Å². The number of unbranched alkanes of at least 4 members (excludes halogenated alkanes) is 4. The maximum absolute atomic E-state index is 13.3. The van der Waals surface area contributed by atoms with E-state index in [1.165, 1.54) is 9.80 Å². The van der Waals surface area contributed by atoms with Crippen molar-refractivity contribution in [3.63, 3.8) is 0 Å². The number of allylic oxidation sites excluding steroid dienone is 2. The van der Waals surface area contributed by atoms with Crippen molar-refractivity contribution >= 4 is 23.6 Å². The van der Waals surface area contributed by atoms with Gasteiger partial charge in [-0.3, -0.25) is 29.0 Å². The molecule has 2 saturated heterocycles. The van der Waals surface area contributed by atoms with Crippen molar-refractivity contribution in [2.24, 2.45) is 17.3 Å². The van der Waals surface area contributed by atoms with E-state index < -0.39 is 17.3 Å². The van der Waals surface area contributed by atoms with Crippen molar-refractivity contribution in [1.29, 1.82) is 0 Å². The minimum atomic E-state index is -0.885. The normalized spacial score (nSPS) is 25.8. The molecule has 0 aromatic carbocycles. The molecule has 2 heterocycles. The average Bonchev–Trinajstić information content (AvgIpc) is 3.15. The van der Waals surface area contributed by atoms with Gasteiger partial charge in [-0.25, -0.2) is 0 Å². The topological polar surface area (TPSA) is 74.8 Å². The van der Waals surface area contributed by atoms with E-state index in [2.05, 4.69) is 13.2 Å². The minimum absolute atomic E-state index is 0.272. The minimum Gasteiger partial charge on any atom is -0.281 e. The maximum atomic E-state index is 13.3. The van der Waals surface area contributed by atoms with Crippen molar-refractivity contribution in [2.75, 3.05) is 13.1 Å². The highest BCUT2D eigenvalue weighted by atomic mass is 16.2. The molecule has 6 heteroatoms. The quantitative estimate of drug-likeness (QED) is 0.244. The van der Waals surface area contributed by atoms with Gasteiger partial charge in [0.05, 0.1) is 0 Å². The zero-order chi connectivity index (χ0) is 21.0. The number of likely N-dealkylation sites (tertiary alicyclic amines) is 2. The van der Waals surface area contributed by atoms with Crippen LogP contribution in [0.2, 0.25) is 0 Å². The highest BCUT2D eigenvalue weighted by molar-refractivity contribution is 6.22. The fraction of sp³-hybridized carbons (Fsp3) is 0.652. The zero-order valence-electron chi connectivity index (χ0n) is 17.2. The third-order valence-corrected chi connectivity index (χ3v) is 6.82. The van der Waals surface area contributed by atoms with Gasteiger partial charge in [-0.15, -0.1) is 13.2 Å². The van der Waals surface area contributed by atoms with Crippen molar-refractivity contribution in [1.82, 2.24) is 9.80 Å². The molecular formula is C23H32N2O4. The monoisotopic (exact) mass is 400 g/mol. The van der Waals surface area contributed by atoms with Gasteiger partial charge in [0.2, 0.25) is 23.6 Å². The number of hydrogen-bond donors (Lipinski definition) is 0. The van der Waals surface area contributed by atoms with E-state index in [-0.39, 0.29) is 36.7 Å². The molecule has 3 rings (SSSR count). The summed E-state index contributed by atoms with van der Waals surface area (Å²) in [5, 5.41) is 0. The Kier molecular flexibility index (Phi) is 6.70.